The first-order chi connectivity index (χ1) is 10.5. The molecule has 0 atom stereocenters. The summed E-state index contributed by atoms with van der Waals surface area (Å²) in [7, 11) is -3.17. The molecular weight excluding hydrogens is 298 g/mol. The van der Waals surface area contributed by atoms with Gasteiger partial charge in [0.25, 0.3) is 0 Å². The van der Waals surface area contributed by atoms with Gasteiger partial charge in [0, 0.05) is 18.0 Å². The summed E-state index contributed by atoms with van der Waals surface area (Å²) in [5.74, 6) is 1.59. The third kappa shape index (κ3) is 5.33. The van der Waals surface area contributed by atoms with Crippen molar-refractivity contribution in [3.63, 3.8) is 0 Å². The van der Waals surface area contributed by atoms with Crippen molar-refractivity contribution in [1.29, 1.82) is 0 Å². The van der Waals surface area contributed by atoms with Crippen molar-refractivity contribution in [3.05, 3.63) is 29.7 Å². The van der Waals surface area contributed by atoms with Crippen LogP contribution in [0.2, 0.25) is 0 Å². The molecule has 0 bridgehead atoms. The van der Waals surface area contributed by atoms with Crippen molar-refractivity contribution in [2.24, 2.45) is 0 Å². The van der Waals surface area contributed by atoms with Crippen LogP contribution in [-0.4, -0.2) is 31.7 Å². The minimum atomic E-state index is -3.17. The third-order valence-corrected chi connectivity index (χ3v) is 5.15. The second kappa shape index (κ2) is 7.63. The fourth-order valence-corrected chi connectivity index (χ4v) is 3.25. The second-order valence-electron chi connectivity index (χ2n) is 5.85. The fourth-order valence-electron chi connectivity index (χ4n) is 2.69. The molecule has 0 amide bonds. The van der Waals surface area contributed by atoms with Crippen LogP contribution in [0.15, 0.2) is 24.1 Å². The van der Waals surface area contributed by atoms with Crippen LogP contribution in [0.5, 0.6) is 0 Å². The number of anilines is 2. The van der Waals surface area contributed by atoms with Gasteiger partial charge in [-0.05, 0) is 37.5 Å². The highest BCUT2D eigenvalue weighted by Crippen LogP contribution is 2.22. The molecule has 122 valence electrons. The lowest BCUT2D eigenvalue weighted by molar-refractivity contribution is 0.462. The number of aromatic nitrogens is 1. The highest BCUT2D eigenvalue weighted by atomic mass is 32.2. The minimum absolute atomic E-state index is 0.0253. The van der Waals surface area contributed by atoms with E-state index >= 15 is 0 Å². The Morgan fingerprint density at radius 3 is 2.64 bits per heavy atom. The molecule has 1 aliphatic carbocycles. The zero-order valence-corrected chi connectivity index (χ0v) is 14.0. The normalized spacial score (nSPS) is 16.2. The molecule has 1 aliphatic rings. The van der Waals surface area contributed by atoms with E-state index in [0.717, 1.165) is 16.8 Å². The van der Waals surface area contributed by atoms with Crippen molar-refractivity contribution in [2.75, 3.05) is 22.9 Å². The Kier molecular flexibility index (Phi) is 5.83. The van der Waals surface area contributed by atoms with Crippen LogP contribution in [0.4, 0.5) is 11.6 Å². The SMILES string of the molecule is C=CS(=O)(=O)CCNc1cc(C)cc(NC2CCCCC2)n1. The lowest BCUT2D eigenvalue weighted by atomic mass is 9.95. The zero-order valence-electron chi connectivity index (χ0n) is 13.1. The topological polar surface area (TPSA) is 71.1 Å². The van der Waals surface area contributed by atoms with Crippen molar-refractivity contribution in [1.82, 2.24) is 4.98 Å². The maximum absolute atomic E-state index is 11.4. The summed E-state index contributed by atoms with van der Waals surface area (Å²) >= 11 is 0. The van der Waals surface area contributed by atoms with Crippen molar-refractivity contribution in [2.45, 2.75) is 45.1 Å². The first-order valence-electron chi connectivity index (χ1n) is 7.83. The highest BCUT2D eigenvalue weighted by Gasteiger charge is 2.14. The van der Waals surface area contributed by atoms with Crippen molar-refractivity contribution in [3.8, 4) is 0 Å². The van der Waals surface area contributed by atoms with Crippen molar-refractivity contribution < 1.29 is 8.42 Å². The van der Waals surface area contributed by atoms with Gasteiger partial charge in [0.05, 0.1) is 5.75 Å². The summed E-state index contributed by atoms with van der Waals surface area (Å²) in [4.78, 5) is 4.53. The largest absolute Gasteiger partial charge is 0.369 e. The van der Waals surface area contributed by atoms with Crippen LogP contribution in [0, 0.1) is 6.92 Å². The molecule has 1 saturated carbocycles. The molecule has 22 heavy (non-hydrogen) atoms. The minimum Gasteiger partial charge on any atom is -0.369 e. The maximum atomic E-state index is 11.4. The van der Waals surface area contributed by atoms with Gasteiger partial charge >= 0.3 is 0 Å². The van der Waals surface area contributed by atoms with E-state index in [1.54, 1.807) is 0 Å². The van der Waals surface area contributed by atoms with Gasteiger partial charge in [0.15, 0.2) is 9.84 Å². The second-order valence-corrected chi connectivity index (χ2v) is 7.92. The lowest BCUT2D eigenvalue weighted by Gasteiger charge is -2.23. The number of rotatable bonds is 7. The van der Waals surface area contributed by atoms with Gasteiger partial charge in [-0.15, -0.1) is 0 Å². The number of sulfone groups is 1. The molecule has 1 heterocycles. The van der Waals surface area contributed by atoms with E-state index in [2.05, 4.69) is 22.2 Å². The first-order valence-corrected chi connectivity index (χ1v) is 9.54. The molecule has 0 radical (unpaired) electrons. The summed E-state index contributed by atoms with van der Waals surface area (Å²) in [6.45, 7) is 5.65. The lowest BCUT2D eigenvalue weighted by Crippen LogP contribution is -2.23. The van der Waals surface area contributed by atoms with Crippen LogP contribution >= 0.6 is 0 Å². The van der Waals surface area contributed by atoms with Crippen LogP contribution in [0.25, 0.3) is 0 Å². The average Bonchev–Trinajstić information content (AvgIpc) is 2.47. The molecule has 0 saturated heterocycles. The molecule has 1 aromatic heterocycles. The molecule has 6 heteroatoms. The molecule has 0 aliphatic heterocycles. The van der Waals surface area contributed by atoms with Gasteiger partial charge in [-0.3, -0.25) is 0 Å². The molecule has 0 aromatic carbocycles. The van der Waals surface area contributed by atoms with E-state index in [9.17, 15) is 8.42 Å². The Hall–Kier alpha value is -1.56. The van der Waals surface area contributed by atoms with E-state index < -0.39 is 9.84 Å². The quantitative estimate of drug-likeness (QED) is 0.807. The monoisotopic (exact) mass is 323 g/mol. The summed E-state index contributed by atoms with van der Waals surface area (Å²) in [5, 5.41) is 7.56. The van der Waals surface area contributed by atoms with E-state index in [0.29, 0.717) is 18.4 Å². The van der Waals surface area contributed by atoms with Crippen molar-refractivity contribution >= 4 is 21.5 Å². The Labute approximate surface area is 133 Å². The Balaban J connectivity index is 1.95. The molecule has 5 nitrogen and oxygen atoms in total. The van der Waals surface area contributed by atoms with E-state index in [-0.39, 0.29) is 5.75 Å². The molecule has 2 N–H and O–H groups in total. The Bertz CT molecular complexity index is 608. The number of hydrogen-bond donors (Lipinski definition) is 2. The smallest absolute Gasteiger partial charge is 0.172 e. The summed E-state index contributed by atoms with van der Waals surface area (Å²) < 4.78 is 22.8. The number of nitrogens with zero attached hydrogens (tertiary/aromatic N) is 1. The predicted octanol–water partition coefficient (Wildman–Crippen LogP) is 3.10. The van der Waals surface area contributed by atoms with Crippen LogP contribution in [0.3, 0.4) is 0 Å². The summed E-state index contributed by atoms with van der Waals surface area (Å²) in [5.41, 5.74) is 1.10. The predicted molar refractivity (Wildman–Crippen MR) is 91.9 cm³/mol. The summed E-state index contributed by atoms with van der Waals surface area (Å²) in [6.07, 6.45) is 6.25. The average molecular weight is 323 g/mol. The van der Waals surface area contributed by atoms with Crippen LogP contribution < -0.4 is 10.6 Å². The first kappa shape index (κ1) is 16.8. The molecule has 1 fully saturated rings. The van der Waals surface area contributed by atoms with Gasteiger partial charge in [-0.25, -0.2) is 13.4 Å². The molecule has 2 rings (SSSR count). The number of pyridine rings is 1. The summed E-state index contributed by atoms with van der Waals surface area (Å²) in [6, 6.07) is 4.45. The standard InChI is InChI=1S/C16H25N3O2S/c1-3-22(20,21)10-9-17-15-11-13(2)12-16(19-15)18-14-7-5-4-6-8-14/h3,11-12,14H,1,4-10H2,2H3,(H2,17,18,19). The molecule has 1 aromatic rings. The van der Waals surface area contributed by atoms with Crippen LogP contribution in [0.1, 0.15) is 37.7 Å². The van der Waals surface area contributed by atoms with Gasteiger partial charge in [0.1, 0.15) is 11.6 Å². The number of hydrogen-bond acceptors (Lipinski definition) is 5. The van der Waals surface area contributed by atoms with Gasteiger partial charge in [-0.2, -0.15) is 0 Å². The Morgan fingerprint density at radius 2 is 1.95 bits per heavy atom. The van der Waals surface area contributed by atoms with E-state index in [4.69, 9.17) is 0 Å². The fraction of sp³-hybridized carbons (Fsp3) is 0.562. The third-order valence-electron chi connectivity index (χ3n) is 3.87. The van der Waals surface area contributed by atoms with E-state index in [1.807, 2.05) is 19.1 Å². The Morgan fingerprint density at radius 1 is 1.27 bits per heavy atom. The molecule has 0 spiro atoms. The number of aryl methyl sites for hydroxylation is 1. The zero-order chi connectivity index (χ0) is 16.0. The van der Waals surface area contributed by atoms with Gasteiger partial charge < -0.3 is 10.6 Å². The maximum Gasteiger partial charge on any atom is 0.172 e. The molecule has 0 unspecified atom stereocenters. The van der Waals surface area contributed by atoms with Gasteiger partial charge in [0.2, 0.25) is 0 Å². The number of nitrogens with one attached hydrogen (secondary N) is 2. The van der Waals surface area contributed by atoms with Crippen LogP contribution in [-0.2, 0) is 9.84 Å². The molecular formula is C16H25N3O2S. The van der Waals surface area contributed by atoms with E-state index in [1.165, 1.54) is 32.1 Å². The van der Waals surface area contributed by atoms with Gasteiger partial charge in [-0.1, -0.05) is 25.8 Å². The highest BCUT2D eigenvalue weighted by molar-refractivity contribution is 7.94.